The molecule has 162 valence electrons. The average molecular weight is 403 g/mol. The normalized spacial score (nSPS) is 18.2. The molecule has 0 atom stereocenters. The molecular weight excluding hydrogens is 364 g/mol. The molecule has 1 aliphatic rings. The van der Waals surface area contributed by atoms with E-state index in [2.05, 4.69) is 33.8 Å². The van der Waals surface area contributed by atoms with Crippen LogP contribution in [0.4, 0.5) is 0 Å². The van der Waals surface area contributed by atoms with Gasteiger partial charge in [-0.25, -0.2) is 9.59 Å². The first-order chi connectivity index (χ1) is 13.5. The molecule has 0 aliphatic heterocycles. The third kappa shape index (κ3) is 9.29. The maximum atomic E-state index is 11.0. The van der Waals surface area contributed by atoms with Crippen LogP contribution >= 0.6 is 0 Å². The summed E-state index contributed by atoms with van der Waals surface area (Å²) in [7, 11) is 0. The lowest BCUT2D eigenvalue weighted by molar-refractivity contribution is -0.135. The Kier molecular flexibility index (Phi) is 10.1. The van der Waals surface area contributed by atoms with Gasteiger partial charge in [0.25, 0.3) is 0 Å². The highest BCUT2D eigenvalue weighted by atomic mass is 16.4. The summed E-state index contributed by atoms with van der Waals surface area (Å²) >= 11 is 0. The van der Waals surface area contributed by atoms with E-state index >= 15 is 0 Å². The Morgan fingerprint density at radius 1 is 1.00 bits per heavy atom. The van der Waals surface area contributed by atoms with Gasteiger partial charge in [-0.05, 0) is 84.0 Å². The van der Waals surface area contributed by atoms with Crippen molar-refractivity contribution >= 4 is 11.9 Å². The van der Waals surface area contributed by atoms with E-state index in [1.807, 2.05) is 13.0 Å². The Morgan fingerprint density at radius 3 is 2.14 bits per heavy atom. The number of carboxylic acid groups (broad SMARTS) is 2. The first-order valence-electron chi connectivity index (χ1n) is 10.7. The second-order valence-electron chi connectivity index (χ2n) is 8.99. The topological polar surface area (TPSA) is 74.6 Å². The summed E-state index contributed by atoms with van der Waals surface area (Å²) in [5, 5.41) is 17.7. The molecule has 0 saturated carbocycles. The van der Waals surface area contributed by atoms with Crippen molar-refractivity contribution in [1.29, 1.82) is 0 Å². The van der Waals surface area contributed by atoms with E-state index in [9.17, 15) is 9.59 Å². The largest absolute Gasteiger partial charge is 0.478 e. The molecule has 0 spiro atoms. The van der Waals surface area contributed by atoms with Crippen LogP contribution in [0.25, 0.3) is 0 Å². The summed E-state index contributed by atoms with van der Waals surface area (Å²) < 4.78 is 0. The highest BCUT2D eigenvalue weighted by Gasteiger charge is 2.27. The first kappa shape index (κ1) is 24.9. The van der Waals surface area contributed by atoms with Crippen molar-refractivity contribution < 1.29 is 19.8 Å². The van der Waals surface area contributed by atoms with Gasteiger partial charge >= 0.3 is 11.9 Å². The highest BCUT2D eigenvalue weighted by Crippen LogP contribution is 2.42. The van der Waals surface area contributed by atoms with Crippen LogP contribution < -0.4 is 0 Å². The number of hydrogen-bond donors (Lipinski definition) is 2. The lowest BCUT2D eigenvalue weighted by atomic mass is 9.71. The van der Waals surface area contributed by atoms with E-state index in [4.69, 9.17) is 10.2 Å². The zero-order chi connectivity index (χ0) is 22.0. The van der Waals surface area contributed by atoms with Gasteiger partial charge in [-0.3, -0.25) is 0 Å². The van der Waals surface area contributed by atoms with Crippen LogP contribution in [0.5, 0.6) is 0 Å². The van der Waals surface area contributed by atoms with Crippen LogP contribution in [-0.4, -0.2) is 22.2 Å². The molecule has 0 amide bonds. The second kappa shape index (κ2) is 11.8. The van der Waals surface area contributed by atoms with E-state index in [0.717, 1.165) is 31.8 Å². The van der Waals surface area contributed by atoms with Crippen molar-refractivity contribution in [3.8, 4) is 0 Å². The van der Waals surface area contributed by atoms with Gasteiger partial charge in [0.05, 0.1) is 0 Å². The van der Waals surface area contributed by atoms with Gasteiger partial charge in [-0.15, -0.1) is 0 Å². The van der Waals surface area contributed by atoms with Gasteiger partial charge in [-0.1, -0.05) is 48.3 Å². The van der Waals surface area contributed by atoms with Gasteiger partial charge in [0, 0.05) is 11.6 Å². The number of aliphatic carboxylic acids is 2. The molecule has 0 unspecified atom stereocenters. The molecule has 1 rings (SSSR count). The smallest absolute Gasteiger partial charge is 0.331 e. The number of carbonyl (C=O) groups is 2. The van der Waals surface area contributed by atoms with Crippen LogP contribution in [0, 0.1) is 5.41 Å². The number of hydrogen-bond acceptors (Lipinski definition) is 2. The molecule has 0 fully saturated rings. The first-order valence-corrected chi connectivity index (χ1v) is 10.7. The van der Waals surface area contributed by atoms with Crippen molar-refractivity contribution in [3.05, 3.63) is 46.1 Å². The van der Waals surface area contributed by atoms with Crippen LogP contribution in [0.15, 0.2) is 46.1 Å². The molecule has 29 heavy (non-hydrogen) atoms. The zero-order valence-electron chi connectivity index (χ0n) is 18.8. The zero-order valence-corrected chi connectivity index (χ0v) is 18.8. The van der Waals surface area contributed by atoms with E-state index in [1.54, 1.807) is 11.1 Å². The molecule has 2 N–H and O–H groups in total. The molecule has 0 aromatic carbocycles. The highest BCUT2D eigenvalue weighted by molar-refractivity contribution is 5.94. The van der Waals surface area contributed by atoms with Crippen LogP contribution in [0.1, 0.15) is 92.4 Å². The lowest BCUT2D eigenvalue weighted by Gasteiger charge is -2.35. The molecule has 0 saturated heterocycles. The Balaban J connectivity index is 2.46. The fourth-order valence-corrected chi connectivity index (χ4v) is 4.16. The molecule has 0 bridgehead atoms. The van der Waals surface area contributed by atoms with Crippen LogP contribution in [0.2, 0.25) is 0 Å². The standard InChI is InChI=1S/C25H38O4/c1-18(11-7-13-21(24(28)29)17-23(26)27)9-6-10-19(2)14-15-22-20(3)12-8-16-25(22,4)5/h10-11,17H,6-9,12-16H2,1-5H3,(H,26,27)(H,28,29). The lowest BCUT2D eigenvalue weighted by Crippen LogP contribution is -2.20. The summed E-state index contributed by atoms with van der Waals surface area (Å²) in [6.07, 6.45) is 13.9. The van der Waals surface area contributed by atoms with E-state index < -0.39 is 11.9 Å². The maximum absolute atomic E-state index is 11.0. The summed E-state index contributed by atoms with van der Waals surface area (Å²) in [5.74, 6) is -2.38. The molecule has 0 aromatic heterocycles. The molecule has 1 aliphatic carbocycles. The van der Waals surface area contributed by atoms with Crippen molar-refractivity contribution in [3.63, 3.8) is 0 Å². The minimum absolute atomic E-state index is 0.0625. The van der Waals surface area contributed by atoms with Gasteiger partial charge in [0.2, 0.25) is 0 Å². The fraction of sp³-hybridized carbons (Fsp3) is 0.600. The number of rotatable bonds is 11. The minimum atomic E-state index is -1.22. The molecule has 0 heterocycles. The Hall–Kier alpha value is -2.10. The van der Waals surface area contributed by atoms with Crippen molar-refractivity contribution in [2.24, 2.45) is 5.41 Å². The van der Waals surface area contributed by atoms with Gasteiger partial charge in [0.15, 0.2) is 0 Å². The molecule has 4 nitrogen and oxygen atoms in total. The predicted octanol–water partition coefficient (Wildman–Crippen LogP) is 6.84. The Labute approximate surface area is 176 Å². The SMILES string of the molecule is CC(=CCCC(=CC(=O)O)C(=O)O)CCC=C(C)CCC1=C(C)CCCC1(C)C. The van der Waals surface area contributed by atoms with E-state index in [0.29, 0.717) is 11.8 Å². The quantitative estimate of drug-likeness (QED) is 0.293. The van der Waals surface area contributed by atoms with Gasteiger partial charge in [-0.2, -0.15) is 0 Å². The summed E-state index contributed by atoms with van der Waals surface area (Å²) in [6, 6.07) is 0. The number of allylic oxidation sites excluding steroid dienone is 6. The van der Waals surface area contributed by atoms with E-state index in [-0.39, 0.29) is 12.0 Å². The molecular formula is C25H38O4. The third-order valence-electron chi connectivity index (χ3n) is 5.97. The maximum Gasteiger partial charge on any atom is 0.331 e. The molecule has 0 aromatic rings. The Bertz CT molecular complexity index is 717. The van der Waals surface area contributed by atoms with Crippen LogP contribution in [0.3, 0.4) is 0 Å². The summed E-state index contributed by atoms with van der Waals surface area (Å²) in [5.41, 5.74) is 6.15. The monoisotopic (exact) mass is 402 g/mol. The molecule has 4 heteroatoms. The van der Waals surface area contributed by atoms with Crippen molar-refractivity contribution in [2.75, 3.05) is 0 Å². The summed E-state index contributed by atoms with van der Waals surface area (Å²) in [4.78, 5) is 21.7. The predicted molar refractivity (Wildman–Crippen MR) is 119 cm³/mol. The van der Waals surface area contributed by atoms with Crippen molar-refractivity contribution in [1.82, 2.24) is 0 Å². The van der Waals surface area contributed by atoms with E-state index in [1.165, 1.54) is 30.4 Å². The average Bonchev–Trinajstić information content (AvgIpc) is 2.59. The molecule has 0 radical (unpaired) electrons. The number of carboxylic acids is 2. The van der Waals surface area contributed by atoms with Crippen molar-refractivity contribution in [2.45, 2.75) is 92.4 Å². The van der Waals surface area contributed by atoms with Gasteiger partial charge in [0.1, 0.15) is 0 Å². The Morgan fingerprint density at radius 2 is 1.59 bits per heavy atom. The fourth-order valence-electron chi connectivity index (χ4n) is 4.16. The van der Waals surface area contributed by atoms with Gasteiger partial charge < -0.3 is 10.2 Å². The summed E-state index contributed by atoms with van der Waals surface area (Å²) in [6.45, 7) is 11.3. The second-order valence-corrected chi connectivity index (χ2v) is 8.99. The minimum Gasteiger partial charge on any atom is -0.478 e. The van der Waals surface area contributed by atoms with Crippen LogP contribution in [-0.2, 0) is 9.59 Å². The third-order valence-corrected chi connectivity index (χ3v) is 5.97.